The Balaban J connectivity index is 1.71. The fourth-order valence-electron chi connectivity index (χ4n) is 4.26. The SMILES string of the molecule is C=CCCC(O)CN(CCC(C)C)CC(=O)N1CCc2sccc2C1COc1cccc(F)c1. The average Bonchev–Trinajstić information content (AvgIpc) is 3.28. The predicted molar refractivity (Wildman–Crippen MR) is 136 cm³/mol. The molecule has 1 aromatic heterocycles. The summed E-state index contributed by atoms with van der Waals surface area (Å²) in [4.78, 5) is 18.8. The second-order valence-electron chi connectivity index (χ2n) is 9.36. The summed E-state index contributed by atoms with van der Waals surface area (Å²) in [5.74, 6) is 0.655. The van der Waals surface area contributed by atoms with Crippen molar-refractivity contribution in [1.29, 1.82) is 0 Å². The first-order valence-corrected chi connectivity index (χ1v) is 13.0. The van der Waals surface area contributed by atoms with E-state index in [-0.39, 0.29) is 30.9 Å². The van der Waals surface area contributed by atoms with Crippen LogP contribution >= 0.6 is 11.3 Å². The van der Waals surface area contributed by atoms with E-state index in [9.17, 15) is 14.3 Å². The number of ether oxygens (including phenoxy) is 1. The topological polar surface area (TPSA) is 53.0 Å². The summed E-state index contributed by atoms with van der Waals surface area (Å²) in [6.07, 6.45) is 4.49. The summed E-state index contributed by atoms with van der Waals surface area (Å²) in [5.41, 5.74) is 1.11. The molecule has 0 fully saturated rings. The molecule has 5 nitrogen and oxygen atoms in total. The summed E-state index contributed by atoms with van der Waals surface area (Å²) < 4.78 is 19.5. The van der Waals surface area contributed by atoms with Gasteiger partial charge >= 0.3 is 0 Å². The van der Waals surface area contributed by atoms with E-state index in [0.717, 1.165) is 31.4 Å². The maximum absolute atomic E-state index is 13.6. The van der Waals surface area contributed by atoms with Crippen LogP contribution in [0.15, 0.2) is 48.4 Å². The Morgan fingerprint density at radius 1 is 1.38 bits per heavy atom. The molecule has 0 radical (unpaired) electrons. The molecule has 2 aromatic rings. The largest absolute Gasteiger partial charge is 0.491 e. The van der Waals surface area contributed by atoms with Crippen LogP contribution in [0.3, 0.4) is 0 Å². The molecule has 1 aliphatic rings. The van der Waals surface area contributed by atoms with Crippen LogP contribution in [-0.4, -0.2) is 59.7 Å². The number of benzene rings is 1. The Bertz CT molecular complexity index is 932. The lowest BCUT2D eigenvalue weighted by Crippen LogP contribution is -2.48. The van der Waals surface area contributed by atoms with Crippen LogP contribution in [0, 0.1) is 11.7 Å². The molecule has 1 amide bonds. The van der Waals surface area contributed by atoms with Gasteiger partial charge in [-0.25, -0.2) is 4.39 Å². The average molecular weight is 489 g/mol. The number of halogens is 1. The molecule has 1 aliphatic heterocycles. The third-order valence-corrected chi connectivity index (χ3v) is 7.17. The number of hydrogen-bond acceptors (Lipinski definition) is 5. The number of fused-ring (bicyclic) bond motifs is 1. The molecule has 0 aliphatic carbocycles. The lowest BCUT2D eigenvalue weighted by atomic mass is 10.00. The standard InChI is InChI=1S/C27H37FN2O3S/c1-4-5-8-22(31)17-29(13-10-20(2)3)18-27(32)30-14-11-26-24(12-15-34-26)25(30)19-33-23-9-6-7-21(28)16-23/h4,6-7,9,12,15-16,20,22,25,31H,1,5,8,10-11,13-14,17-19H2,2-3H3. The van der Waals surface area contributed by atoms with Crippen LogP contribution < -0.4 is 4.74 Å². The summed E-state index contributed by atoms with van der Waals surface area (Å²) >= 11 is 1.70. The zero-order valence-corrected chi connectivity index (χ0v) is 21.1. The first-order chi connectivity index (χ1) is 16.4. The second-order valence-corrected chi connectivity index (χ2v) is 10.4. The van der Waals surface area contributed by atoms with Crippen LogP contribution in [0.1, 0.15) is 49.6 Å². The van der Waals surface area contributed by atoms with Crippen molar-refractivity contribution in [3.05, 3.63) is 64.6 Å². The number of carbonyl (C=O) groups excluding carboxylic acids is 1. The monoisotopic (exact) mass is 488 g/mol. The van der Waals surface area contributed by atoms with Crippen molar-refractivity contribution in [1.82, 2.24) is 9.80 Å². The lowest BCUT2D eigenvalue weighted by molar-refractivity contribution is -0.136. The third-order valence-electron chi connectivity index (χ3n) is 6.17. The molecular weight excluding hydrogens is 451 g/mol. The number of carbonyl (C=O) groups is 1. The van der Waals surface area contributed by atoms with E-state index in [1.165, 1.54) is 17.0 Å². The van der Waals surface area contributed by atoms with Crippen LogP contribution in [0.4, 0.5) is 4.39 Å². The highest BCUT2D eigenvalue weighted by atomic mass is 32.1. The number of amides is 1. The molecule has 7 heteroatoms. The van der Waals surface area contributed by atoms with Gasteiger partial charge in [-0.2, -0.15) is 0 Å². The molecule has 0 bridgehead atoms. The fraction of sp³-hybridized carbons (Fsp3) is 0.519. The molecule has 0 spiro atoms. The minimum atomic E-state index is -0.491. The molecule has 1 aromatic carbocycles. The Hall–Kier alpha value is -2.22. The van der Waals surface area contributed by atoms with E-state index in [4.69, 9.17) is 4.74 Å². The number of aliphatic hydroxyl groups is 1. The number of hydrogen-bond donors (Lipinski definition) is 1. The number of aliphatic hydroxyl groups excluding tert-OH is 1. The summed E-state index contributed by atoms with van der Waals surface area (Å²) in [6, 6.07) is 7.94. The van der Waals surface area contributed by atoms with E-state index in [1.807, 2.05) is 11.0 Å². The summed E-state index contributed by atoms with van der Waals surface area (Å²) in [7, 11) is 0. The van der Waals surface area contributed by atoms with Crippen LogP contribution in [0.5, 0.6) is 5.75 Å². The zero-order valence-electron chi connectivity index (χ0n) is 20.3. The smallest absolute Gasteiger partial charge is 0.237 e. The Kier molecular flexibility index (Phi) is 10.1. The van der Waals surface area contributed by atoms with Gasteiger partial charge in [0.25, 0.3) is 0 Å². The molecule has 2 unspecified atom stereocenters. The van der Waals surface area contributed by atoms with Crippen molar-refractivity contribution in [3.63, 3.8) is 0 Å². The molecule has 0 saturated carbocycles. The molecule has 2 heterocycles. The molecular formula is C27H37FN2O3S. The van der Waals surface area contributed by atoms with Gasteiger partial charge in [-0.05, 0) is 67.3 Å². The second kappa shape index (κ2) is 13.0. The summed E-state index contributed by atoms with van der Waals surface area (Å²) in [6.45, 7) is 10.4. The van der Waals surface area contributed by atoms with Crippen molar-refractivity contribution in [2.75, 3.05) is 32.8 Å². The van der Waals surface area contributed by atoms with E-state index in [1.54, 1.807) is 23.5 Å². The highest BCUT2D eigenvalue weighted by Crippen LogP contribution is 2.34. The predicted octanol–water partition coefficient (Wildman–Crippen LogP) is 5.07. The van der Waals surface area contributed by atoms with Crippen LogP contribution in [-0.2, 0) is 11.2 Å². The van der Waals surface area contributed by atoms with Crippen molar-refractivity contribution >= 4 is 17.2 Å². The molecule has 34 heavy (non-hydrogen) atoms. The van der Waals surface area contributed by atoms with E-state index in [0.29, 0.717) is 31.2 Å². The third kappa shape index (κ3) is 7.65. The number of nitrogens with zero attached hydrogens (tertiary/aromatic N) is 2. The van der Waals surface area contributed by atoms with Crippen molar-refractivity contribution in [2.24, 2.45) is 5.92 Å². The first kappa shape index (κ1) is 26.4. The van der Waals surface area contributed by atoms with Crippen molar-refractivity contribution in [3.8, 4) is 5.75 Å². The van der Waals surface area contributed by atoms with Gasteiger partial charge in [0.1, 0.15) is 18.2 Å². The molecule has 3 rings (SSSR count). The van der Waals surface area contributed by atoms with Gasteiger partial charge in [0.2, 0.25) is 5.91 Å². The van der Waals surface area contributed by atoms with Crippen LogP contribution in [0.25, 0.3) is 0 Å². The Morgan fingerprint density at radius 3 is 2.94 bits per heavy atom. The summed E-state index contributed by atoms with van der Waals surface area (Å²) in [5, 5.41) is 12.5. The zero-order chi connectivity index (χ0) is 24.5. The van der Waals surface area contributed by atoms with Gasteiger partial charge in [-0.3, -0.25) is 9.69 Å². The molecule has 1 N–H and O–H groups in total. The van der Waals surface area contributed by atoms with Gasteiger partial charge < -0.3 is 14.7 Å². The quantitative estimate of drug-likeness (QED) is 0.400. The van der Waals surface area contributed by atoms with Crippen LogP contribution in [0.2, 0.25) is 0 Å². The van der Waals surface area contributed by atoms with Crippen molar-refractivity contribution in [2.45, 2.75) is 51.7 Å². The van der Waals surface area contributed by atoms with Gasteiger partial charge in [-0.15, -0.1) is 17.9 Å². The van der Waals surface area contributed by atoms with E-state index in [2.05, 4.69) is 36.8 Å². The molecule has 186 valence electrons. The number of allylic oxidation sites excluding steroid dienone is 1. The van der Waals surface area contributed by atoms with Crippen molar-refractivity contribution < 1.29 is 19.0 Å². The highest BCUT2D eigenvalue weighted by molar-refractivity contribution is 7.10. The maximum atomic E-state index is 13.6. The van der Waals surface area contributed by atoms with Gasteiger partial charge in [0.15, 0.2) is 0 Å². The molecule has 2 atom stereocenters. The van der Waals surface area contributed by atoms with Gasteiger partial charge in [0, 0.05) is 24.0 Å². The van der Waals surface area contributed by atoms with Gasteiger partial charge in [-0.1, -0.05) is 26.0 Å². The number of thiophene rings is 1. The van der Waals surface area contributed by atoms with E-state index >= 15 is 0 Å². The maximum Gasteiger partial charge on any atom is 0.237 e. The first-order valence-electron chi connectivity index (χ1n) is 12.1. The fourth-order valence-corrected chi connectivity index (χ4v) is 5.19. The Labute approximate surface area is 206 Å². The molecule has 0 saturated heterocycles. The lowest BCUT2D eigenvalue weighted by Gasteiger charge is -2.37. The Morgan fingerprint density at radius 2 is 2.21 bits per heavy atom. The minimum Gasteiger partial charge on any atom is -0.491 e. The minimum absolute atomic E-state index is 0.0318. The number of rotatable bonds is 13. The van der Waals surface area contributed by atoms with Gasteiger partial charge in [0.05, 0.1) is 18.7 Å². The van der Waals surface area contributed by atoms with E-state index < -0.39 is 6.10 Å². The normalized spacial score (nSPS) is 16.5. The highest BCUT2D eigenvalue weighted by Gasteiger charge is 2.33.